The van der Waals surface area contributed by atoms with E-state index in [0.29, 0.717) is 31.0 Å². The second kappa shape index (κ2) is 12.0. The van der Waals surface area contributed by atoms with E-state index < -0.39 is 15.1 Å². The van der Waals surface area contributed by atoms with Gasteiger partial charge in [0.2, 0.25) is 0 Å². The van der Waals surface area contributed by atoms with Gasteiger partial charge in [-0.1, -0.05) is 48.5 Å². The first-order valence-corrected chi connectivity index (χ1v) is 15.2. The van der Waals surface area contributed by atoms with E-state index in [2.05, 4.69) is 36.4 Å². The third-order valence-electron chi connectivity index (χ3n) is 7.36. The van der Waals surface area contributed by atoms with Crippen LogP contribution in [-0.2, 0) is 22.0 Å². The van der Waals surface area contributed by atoms with E-state index in [1.54, 1.807) is 25.1 Å². The van der Waals surface area contributed by atoms with E-state index in [9.17, 15) is 13.5 Å². The van der Waals surface area contributed by atoms with Gasteiger partial charge in [-0.3, -0.25) is 0 Å². The molecular formula is C33H34O5S. The second-order valence-corrected chi connectivity index (χ2v) is 12.5. The Hall–Kier alpha value is -3.77. The molecule has 3 aromatic carbocycles. The number of phenols is 1. The first kappa shape index (κ1) is 26.8. The fourth-order valence-corrected chi connectivity index (χ4v) is 6.60. The molecule has 0 amide bonds. The lowest BCUT2D eigenvalue weighted by molar-refractivity contribution is 0.306. The number of phenolic OH excluding ortho intramolecular Hbond substituents is 1. The minimum absolute atomic E-state index is 0.0763. The summed E-state index contributed by atoms with van der Waals surface area (Å²) in [5.41, 5.74) is 7.13. The molecule has 1 unspecified atom stereocenters. The number of fused-ring (bicyclic) bond motifs is 1. The summed E-state index contributed by atoms with van der Waals surface area (Å²) < 4.78 is 36.4. The molecule has 39 heavy (non-hydrogen) atoms. The predicted octanol–water partition coefficient (Wildman–Crippen LogP) is 7.44. The van der Waals surface area contributed by atoms with Crippen LogP contribution in [0.1, 0.15) is 60.6 Å². The number of aryl methyl sites for hydroxylation is 1. The van der Waals surface area contributed by atoms with Crippen LogP contribution in [0.3, 0.4) is 0 Å². The average molecular weight is 543 g/mol. The Morgan fingerprint density at radius 1 is 0.923 bits per heavy atom. The largest absolute Gasteiger partial charge is 0.508 e. The summed E-state index contributed by atoms with van der Waals surface area (Å²) in [6, 6.07) is 27.7. The van der Waals surface area contributed by atoms with Crippen molar-refractivity contribution in [3.8, 4) is 11.5 Å². The maximum absolute atomic E-state index is 12.6. The number of aromatic hydroxyl groups is 1. The summed E-state index contributed by atoms with van der Waals surface area (Å²) in [4.78, 5) is 0. The fraction of sp³-hybridized carbons (Fsp3) is 0.273. The zero-order chi connectivity index (χ0) is 27.2. The van der Waals surface area contributed by atoms with E-state index >= 15 is 0 Å². The van der Waals surface area contributed by atoms with Crippen molar-refractivity contribution in [3.63, 3.8) is 0 Å². The molecule has 4 aromatic rings. The molecular weight excluding hydrogens is 508 g/mol. The molecule has 5 rings (SSSR count). The van der Waals surface area contributed by atoms with Gasteiger partial charge in [0.05, 0.1) is 18.1 Å². The smallest absolute Gasteiger partial charge is 0.160 e. The lowest BCUT2D eigenvalue weighted by Crippen LogP contribution is -2.20. The topological polar surface area (TPSA) is 76.7 Å². The van der Waals surface area contributed by atoms with Crippen molar-refractivity contribution in [2.24, 2.45) is 0 Å². The number of rotatable bonds is 10. The highest BCUT2D eigenvalue weighted by molar-refractivity contribution is 7.91. The molecule has 1 atom stereocenters. The Morgan fingerprint density at radius 2 is 1.72 bits per heavy atom. The summed E-state index contributed by atoms with van der Waals surface area (Å²) in [5.74, 6) is 1.44. The van der Waals surface area contributed by atoms with Crippen molar-refractivity contribution < 1.29 is 22.7 Å². The quantitative estimate of drug-likeness (QED) is 0.211. The number of furan rings is 1. The SMILES string of the molecule is CC(CCCOc1ccc(C2=C(c3ccccc3)CCCc3cc(O)ccc32)cc1)S(=O)(=O)Cc1ccco1. The molecule has 0 aliphatic heterocycles. The van der Waals surface area contributed by atoms with Gasteiger partial charge in [0.25, 0.3) is 0 Å². The zero-order valence-electron chi connectivity index (χ0n) is 22.2. The van der Waals surface area contributed by atoms with Gasteiger partial charge in [0, 0.05) is 0 Å². The third kappa shape index (κ3) is 6.45. The van der Waals surface area contributed by atoms with E-state index in [0.717, 1.165) is 41.7 Å². The van der Waals surface area contributed by atoms with Crippen molar-refractivity contribution in [1.82, 2.24) is 0 Å². The van der Waals surface area contributed by atoms with Crippen molar-refractivity contribution in [3.05, 3.63) is 119 Å². The zero-order valence-corrected chi connectivity index (χ0v) is 23.0. The number of hydrogen-bond acceptors (Lipinski definition) is 5. The predicted molar refractivity (Wildman–Crippen MR) is 155 cm³/mol. The van der Waals surface area contributed by atoms with Gasteiger partial charge in [-0.05, 0) is 109 Å². The van der Waals surface area contributed by atoms with Crippen molar-refractivity contribution in [2.45, 2.75) is 50.0 Å². The van der Waals surface area contributed by atoms with Gasteiger partial charge in [-0.25, -0.2) is 8.42 Å². The van der Waals surface area contributed by atoms with Crippen molar-refractivity contribution in [2.75, 3.05) is 6.61 Å². The van der Waals surface area contributed by atoms with E-state index in [4.69, 9.17) is 9.15 Å². The van der Waals surface area contributed by atoms with Crippen LogP contribution in [0.25, 0.3) is 11.1 Å². The van der Waals surface area contributed by atoms with Gasteiger partial charge in [0.15, 0.2) is 9.84 Å². The van der Waals surface area contributed by atoms with Crippen LogP contribution in [0.4, 0.5) is 0 Å². The molecule has 6 heteroatoms. The van der Waals surface area contributed by atoms with Gasteiger partial charge in [-0.15, -0.1) is 0 Å². The molecule has 0 fully saturated rings. The summed E-state index contributed by atoms with van der Waals surface area (Å²) in [7, 11) is -3.27. The summed E-state index contributed by atoms with van der Waals surface area (Å²) in [5, 5.41) is 9.66. The summed E-state index contributed by atoms with van der Waals surface area (Å²) in [6.45, 7) is 2.19. The molecule has 202 valence electrons. The molecule has 1 heterocycles. The van der Waals surface area contributed by atoms with Crippen LogP contribution in [0.5, 0.6) is 11.5 Å². The molecule has 0 radical (unpaired) electrons. The van der Waals surface area contributed by atoms with Crippen molar-refractivity contribution in [1.29, 1.82) is 0 Å². The highest BCUT2D eigenvalue weighted by Crippen LogP contribution is 2.41. The number of hydrogen-bond donors (Lipinski definition) is 1. The highest BCUT2D eigenvalue weighted by atomic mass is 32.2. The third-order valence-corrected chi connectivity index (χ3v) is 9.51. The standard InChI is InChI=1S/C33H34O5S/c1-24(39(35,36)23-30-12-7-21-38-30)8-6-20-37-29-17-14-26(15-18-29)33-31(25-9-3-2-4-10-25)13-5-11-27-22-28(34)16-19-32(27)33/h2-4,7,9-10,12,14-19,21-22,24,34H,5-6,8,11,13,20,23H2,1H3. The Balaban J connectivity index is 1.29. The maximum atomic E-state index is 12.6. The molecule has 0 saturated heterocycles. The summed E-state index contributed by atoms with van der Waals surface area (Å²) in [6.07, 6.45) is 5.54. The molecule has 1 aliphatic carbocycles. The van der Waals surface area contributed by atoms with E-state index in [-0.39, 0.29) is 5.75 Å². The molecule has 0 spiro atoms. The Morgan fingerprint density at radius 3 is 2.46 bits per heavy atom. The van der Waals surface area contributed by atoms with Crippen LogP contribution >= 0.6 is 0 Å². The summed E-state index contributed by atoms with van der Waals surface area (Å²) >= 11 is 0. The number of ether oxygens (including phenoxy) is 1. The lowest BCUT2D eigenvalue weighted by Gasteiger charge is -2.17. The number of allylic oxidation sites excluding steroid dienone is 1. The monoisotopic (exact) mass is 542 g/mol. The first-order chi connectivity index (χ1) is 18.9. The molecule has 1 aliphatic rings. The van der Waals surface area contributed by atoms with Crippen LogP contribution in [0.2, 0.25) is 0 Å². The normalized spacial score (nSPS) is 14.5. The molecule has 5 nitrogen and oxygen atoms in total. The Labute approximate surface area is 230 Å². The average Bonchev–Trinajstić information content (AvgIpc) is 3.37. The van der Waals surface area contributed by atoms with E-state index in [1.165, 1.54) is 23.0 Å². The second-order valence-electron chi connectivity index (χ2n) is 10.1. The highest BCUT2D eigenvalue weighted by Gasteiger charge is 2.23. The van der Waals surface area contributed by atoms with Crippen LogP contribution < -0.4 is 4.74 Å². The van der Waals surface area contributed by atoms with Crippen LogP contribution in [-0.4, -0.2) is 25.4 Å². The van der Waals surface area contributed by atoms with Gasteiger partial charge >= 0.3 is 0 Å². The lowest BCUT2D eigenvalue weighted by atomic mass is 9.88. The Bertz CT molecular complexity index is 1520. The van der Waals surface area contributed by atoms with Crippen molar-refractivity contribution >= 4 is 21.0 Å². The maximum Gasteiger partial charge on any atom is 0.160 e. The molecule has 1 N–H and O–H groups in total. The number of sulfone groups is 1. The number of benzene rings is 3. The van der Waals surface area contributed by atoms with Crippen LogP contribution in [0.15, 0.2) is 95.6 Å². The molecule has 1 aromatic heterocycles. The fourth-order valence-electron chi connectivity index (χ4n) is 5.23. The van der Waals surface area contributed by atoms with Gasteiger partial charge in [0.1, 0.15) is 23.0 Å². The van der Waals surface area contributed by atoms with Gasteiger partial charge < -0.3 is 14.3 Å². The molecule has 0 saturated carbocycles. The minimum atomic E-state index is -3.27. The van der Waals surface area contributed by atoms with Crippen LogP contribution in [0, 0.1) is 0 Å². The Kier molecular flexibility index (Phi) is 8.22. The van der Waals surface area contributed by atoms with Gasteiger partial charge in [-0.2, -0.15) is 0 Å². The van der Waals surface area contributed by atoms with E-state index in [1.807, 2.05) is 30.3 Å². The molecule has 0 bridgehead atoms. The minimum Gasteiger partial charge on any atom is -0.508 e. The first-order valence-electron chi connectivity index (χ1n) is 13.5.